The molecule has 0 amide bonds. The molecule has 0 bridgehead atoms. The van der Waals surface area contributed by atoms with Crippen LogP contribution in [0.3, 0.4) is 0 Å². The van der Waals surface area contributed by atoms with Crippen LogP contribution in [0.15, 0.2) is 0 Å². The van der Waals surface area contributed by atoms with E-state index < -0.39 is 0 Å². The van der Waals surface area contributed by atoms with Crippen molar-refractivity contribution >= 4 is 0 Å². The normalized spacial score (nSPS) is 53.5. The minimum absolute atomic E-state index is 0.181. The van der Waals surface area contributed by atoms with E-state index in [1.54, 1.807) is 0 Å². The monoisotopic (exact) mass is 166 g/mol. The Hall–Kier alpha value is -0.0400. The molecular formula is C11H18O. The highest BCUT2D eigenvalue weighted by Gasteiger charge is 2.76. The molecule has 1 nitrogen and oxygen atoms in total. The van der Waals surface area contributed by atoms with Crippen LogP contribution in [0.1, 0.15) is 45.4 Å². The summed E-state index contributed by atoms with van der Waals surface area (Å²) in [4.78, 5) is 0. The predicted molar refractivity (Wildman–Crippen MR) is 47.7 cm³/mol. The van der Waals surface area contributed by atoms with E-state index in [1.807, 2.05) is 0 Å². The molecule has 0 spiro atoms. The van der Waals surface area contributed by atoms with Gasteiger partial charge in [-0.3, -0.25) is 0 Å². The van der Waals surface area contributed by atoms with Crippen molar-refractivity contribution in [3.63, 3.8) is 0 Å². The van der Waals surface area contributed by atoms with Crippen LogP contribution in [0, 0.1) is 17.3 Å². The van der Waals surface area contributed by atoms with Gasteiger partial charge < -0.3 is 5.11 Å². The Balaban J connectivity index is 1.85. The van der Waals surface area contributed by atoms with Crippen molar-refractivity contribution in [3.05, 3.63) is 0 Å². The van der Waals surface area contributed by atoms with Crippen molar-refractivity contribution in [2.75, 3.05) is 0 Å². The fourth-order valence-corrected chi connectivity index (χ4v) is 3.90. The summed E-state index contributed by atoms with van der Waals surface area (Å²) in [6, 6.07) is 0. The Labute approximate surface area is 74.2 Å². The van der Waals surface area contributed by atoms with Crippen LogP contribution in [-0.2, 0) is 0 Å². The third-order valence-corrected chi connectivity index (χ3v) is 4.92. The van der Waals surface area contributed by atoms with Crippen molar-refractivity contribution in [3.8, 4) is 0 Å². The first-order valence-electron chi connectivity index (χ1n) is 5.47. The second-order valence-corrected chi connectivity index (χ2v) is 5.10. The Morgan fingerprint density at radius 2 is 1.83 bits per heavy atom. The van der Waals surface area contributed by atoms with Gasteiger partial charge in [0.2, 0.25) is 0 Å². The molecule has 1 N–H and O–H groups in total. The number of fused-ring (bicyclic) bond motifs is 1. The minimum Gasteiger partial charge on any atom is -0.389 e. The maximum Gasteiger partial charge on any atom is 0.0766 e. The highest BCUT2D eigenvalue weighted by atomic mass is 16.3. The van der Waals surface area contributed by atoms with Gasteiger partial charge in [-0.15, -0.1) is 0 Å². The van der Waals surface area contributed by atoms with E-state index in [2.05, 4.69) is 6.92 Å². The first kappa shape index (κ1) is 7.37. The predicted octanol–water partition coefficient (Wildman–Crippen LogP) is 2.34. The average molecular weight is 166 g/mol. The van der Waals surface area contributed by atoms with Gasteiger partial charge >= 0.3 is 0 Å². The molecule has 1 heteroatoms. The van der Waals surface area contributed by atoms with Crippen LogP contribution in [-0.4, -0.2) is 10.7 Å². The van der Waals surface area contributed by atoms with Gasteiger partial charge in [0, 0.05) is 0 Å². The molecule has 68 valence electrons. The van der Waals surface area contributed by atoms with Crippen LogP contribution in [0.5, 0.6) is 0 Å². The number of hydrogen-bond donors (Lipinski definition) is 1. The van der Waals surface area contributed by atoms with E-state index >= 15 is 0 Å². The zero-order valence-electron chi connectivity index (χ0n) is 7.84. The fourth-order valence-electron chi connectivity index (χ4n) is 3.90. The lowest BCUT2D eigenvalue weighted by Crippen LogP contribution is -2.28. The SMILES string of the molecule is CCC1(C2(O)C3CCCC32)CC1. The zero-order valence-corrected chi connectivity index (χ0v) is 7.84. The minimum atomic E-state index is -0.181. The molecule has 2 unspecified atom stereocenters. The summed E-state index contributed by atoms with van der Waals surface area (Å²) < 4.78 is 0. The molecule has 3 aliphatic rings. The molecule has 0 aliphatic heterocycles. The molecule has 2 atom stereocenters. The van der Waals surface area contributed by atoms with E-state index in [1.165, 1.54) is 38.5 Å². The zero-order chi connectivity index (χ0) is 8.40. The average Bonchev–Trinajstić information content (AvgIpc) is 2.91. The molecule has 3 fully saturated rings. The summed E-state index contributed by atoms with van der Waals surface area (Å²) in [6.07, 6.45) is 7.79. The summed E-state index contributed by atoms with van der Waals surface area (Å²) in [5.41, 5.74) is 0.211. The summed E-state index contributed by atoms with van der Waals surface area (Å²) in [5, 5.41) is 10.5. The summed E-state index contributed by atoms with van der Waals surface area (Å²) in [5.74, 6) is 1.42. The highest BCUT2D eigenvalue weighted by Crippen LogP contribution is 2.75. The van der Waals surface area contributed by atoms with E-state index in [9.17, 15) is 5.11 Å². The van der Waals surface area contributed by atoms with Gasteiger partial charge in [-0.2, -0.15) is 0 Å². The van der Waals surface area contributed by atoms with Crippen LogP contribution in [0.4, 0.5) is 0 Å². The van der Waals surface area contributed by atoms with Crippen LogP contribution in [0.2, 0.25) is 0 Å². The maximum absolute atomic E-state index is 10.5. The fraction of sp³-hybridized carbons (Fsp3) is 1.00. The van der Waals surface area contributed by atoms with E-state index in [0.29, 0.717) is 17.3 Å². The van der Waals surface area contributed by atoms with Crippen molar-refractivity contribution in [1.82, 2.24) is 0 Å². The Kier molecular flexibility index (Phi) is 1.16. The van der Waals surface area contributed by atoms with Crippen LogP contribution in [0.25, 0.3) is 0 Å². The number of hydrogen-bond acceptors (Lipinski definition) is 1. The quantitative estimate of drug-likeness (QED) is 0.667. The molecule has 0 aromatic heterocycles. The molecule has 3 saturated carbocycles. The molecule has 0 saturated heterocycles. The second-order valence-electron chi connectivity index (χ2n) is 5.10. The van der Waals surface area contributed by atoms with Gasteiger partial charge in [0.1, 0.15) is 0 Å². The first-order chi connectivity index (χ1) is 5.74. The lowest BCUT2D eigenvalue weighted by atomic mass is 9.87. The molecule has 0 heterocycles. The second kappa shape index (κ2) is 1.89. The van der Waals surface area contributed by atoms with Gasteiger partial charge in [0.25, 0.3) is 0 Å². The largest absolute Gasteiger partial charge is 0.389 e. The van der Waals surface area contributed by atoms with E-state index in [-0.39, 0.29) is 5.60 Å². The van der Waals surface area contributed by atoms with E-state index in [4.69, 9.17) is 0 Å². The third kappa shape index (κ3) is 0.585. The molecule has 0 aromatic rings. The lowest BCUT2D eigenvalue weighted by molar-refractivity contribution is 0.0265. The number of aliphatic hydroxyl groups is 1. The Bertz CT molecular complexity index is 207. The molecule has 3 rings (SSSR count). The molecular weight excluding hydrogens is 148 g/mol. The number of rotatable bonds is 2. The summed E-state index contributed by atoms with van der Waals surface area (Å²) in [6.45, 7) is 2.25. The maximum atomic E-state index is 10.5. The van der Waals surface area contributed by atoms with Gasteiger partial charge in [-0.1, -0.05) is 13.3 Å². The first-order valence-corrected chi connectivity index (χ1v) is 5.47. The van der Waals surface area contributed by atoms with Gasteiger partial charge in [0.15, 0.2) is 0 Å². The van der Waals surface area contributed by atoms with Crippen molar-refractivity contribution < 1.29 is 5.11 Å². The molecule has 0 aromatic carbocycles. The van der Waals surface area contributed by atoms with Gasteiger partial charge in [-0.05, 0) is 49.4 Å². The molecule has 0 radical (unpaired) electrons. The van der Waals surface area contributed by atoms with Gasteiger partial charge in [0.05, 0.1) is 5.60 Å². The van der Waals surface area contributed by atoms with Crippen molar-refractivity contribution in [2.24, 2.45) is 17.3 Å². The lowest BCUT2D eigenvalue weighted by Gasteiger charge is -2.24. The molecule has 12 heavy (non-hydrogen) atoms. The highest BCUT2D eigenvalue weighted by molar-refractivity contribution is 5.26. The smallest absolute Gasteiger partial charge is 0.0766 e. The Morgan fingerprint density at radius 3 is 2.25 bits per heavy atom. The topological polar surface area (TPSA) is 20.2 Å². The Morgan fingerprint density at radius 1 is 1.25 bits per heavy atom. The third-order valence-electron chi connectivity index (χ3n) is 4.92. The summed E-state index contributed by atoms with van der Waals surface area (Å²) in [7, 11) is 0. The van der Waals surface area contributed by atoms with Crippen molar-refractivity contribution in [1.29, 1.82) is 0 Å². The summed E-state index contributed by atoms with van der Waals surface area (Å²) >= 11 is 0. The van der Waals surface area contributed by atoms with Crippen LogP contribution >= 0.6 is 0 Å². The van der Waals surface area contributed by atoms with E-state index in [0.717, 1.165) is 0 Å². The van der Waals surface area contributed by atoms with Gasteiger partial charge in [-0.25, -0.2) is 0 Å². The standard InChI is InChI=1S/C11H18O/c1-2-10(6-7-10)11(12)8-4-3-5-9(8)11/h8-9,12H,2-7H2,1H3. The van der Waals surface area contributed by atoms with Crippen LogP contribution < -0.4 is 0 Å². The molecule has 3 aliphatic carbocycles. The van der Waals surface area contributed by atoms with Crippen molar-refractivity contribution in [2.45, 2.75) is 51.0 Å².